The van der Waals surface area contributed by atoms with Crippen LogP contribution < -0.4 is 5.32 Å². The number of rotatable bonds is 2. The molecule has 6 heteroatoms. The molecule has 3 unspecified atom stereocenters. The monoisotopic (exact) mass is 367 g/mol. The first-order chi connectivity index (χ1) is 11.1. The van der Waals surface area contributed by atoms with Gasteiger partial charge < -0.3 is 5.32 Å². The van der Waals surface area contributed by atoms with Gasteiger partial charge in [-0.25, -0.2) is 0 Å². The van der Waals surface area contributed by atoms with Gasteiger partial charge in [0.25, 0.3) is 0 Å². The highest BCUT2D eigenvalue weighted by atomic mass is 35.5. The minimum absolute atomic E-state index is 0.259. The molecule has 1 aromatic carbocycles. The lowest BCUT2D eigenvalue weighted by Gasteiger charge is -2.46. The Balaban J connectivity index is 1.89. The number of halogens is 2. The Morgan fingerprint density at radius 3 is 2.46 bits per heavy atom. The van der Waals surface area contributed by atoms with Crippen LogP contribution in [0, 0.1) is 22.7 Å². The SMILES string of the molecule is CC12CCC(C(=O)C(C(=O)Nc3ccc(Cl)c(Cl)c3)C1=O)C2(C)C. The van der Waals surface area contributed by atoms with Crippen LogP contribution in [0.4, 0.5) is 5.69 Å². The number of amides is 1. The van der Waals surface area contributed by atoms with Crippen molar-refractivity contribution in [2.45, 2.75) is 33.6 Å². The number of benzene rings is 1. The predicted octanol–water partition coefficient (Wildman–Crippen LogP) is 4.14. The Morgan fingerprint density at radius 2 is 1.83 bits per heavy atom. The lowest BCUT2D eigenvalue weighted by Crippen LogP contribution is -2.56. The number of carbonyl (C=O) groups is 3. The summed E-state index contributed by atoms with van der Waals surface area (Å²) in [6, 6.07) is 4.64. The molecule has 128 valence electrons. The molecule has 3 rings (SSSR count). The minimum Gasteiger partial charge on any atom is -0.325 e. The van der Waals surface area contributed by atoms with Crippen LogP contribution in [0.1, 0.15) is 33.6 Å². The summed E-state index contributed by atoms with van der Waals surface area (Å²) < 4.78 is 0. The maximum atomic E-state index is 13.0. The number of Topliss-reactive ketones (excluding diaryl/α,β-unsaturated/α-hetero) is 2. The number of hydrogen-bond donors (Lipinski definition) is 1. The maximum absolute atomic E-state index is 13.0. The third-order valence-corrected chi connectivity index (χ3v) is 6.85. The van der Waals surface area contributed by atoms with Gasteiger partial charge in [0.1, 0.15) is 0 Å². The molecule has 0 saturated heterocycles. The van der Waals surface area contributed by atoms with Crippen LogP contribution in [-0.2, 0) is 14.4 Å². The fourth-order valence-corrected chi connectivity index (χ4v) is 4.42. The highest BCUT2D eigenvalue weighted by Gasteiger charge is 2.66. The molecule has 1 N–H and O–H groups in total. The van der Waals surface area contributed by atoms with Crippen LogP contribution in [0.15, 0.2) is 18.2 Å². The molecular formula is C18H19Cl2NO3. The average Bonchev–Trinajstić information content (AvgIpc) is 2.67. The lowest BCUT2D eigenvalue weighted by atomic mass is 9.55. The highest BCUT2D eigenvalue weighted by Crippen LogP contribution is 2.61. The van der Waals surface area contributed by atoms with Crippen molar-refractivity contribution in [3.05, 3.63) is 28.2 Å². The standard InChI is InChI=1S/C18H19Cl2NO3/c1-17(2)10-6-7-18(17,3)15(23)13(14(10)22)16(24)21-9-4-5-11(19)12(20)8-9/h4-5,8,10,13H,6-7H2,1-3H3,(H,21,24). The number of ketones is 2. The van der Waals surface area contributed by atoms with Crippen molar-refractivity contribution in [1.82, 2.24) is 0 Å². The van der Waals surface area contributed by atoms with Crippen molar-refractivity contribution in [2.75, 3.05) is 5.32 Å². The maximum Gasteiger partial charge on any atom is 0.242 e. The first-order valence-electron chi connectivity index (χ1n) is 7.93. The van der Waals surface area contributed by atoms with E-state index < -0.39 is 22.7 Å². The molecular weight excluding hydrogens is 349 g/mol. The van der Waals surface area contributed by atoms with Crippen molar-refractivity contribution in [3.63, 3.8) is 0 Å². The summed E-state index contributed by atoms with van der Waals surface area (Å²) in [6.07, 6.45) is 1.30. The molecule has 2 fully saturated rings. The van der Waals surface area contributed by atoms with Crippen LogP contribution >= 0.6 is 23.2 Å². The Morgan fingerprint density at radius 1 is 1.17 bits per heavy atom. The second-order valence-electron chi connectivity index (χ2n) is 7.46. The van der Waals surface area contributed by atoms with Gasteiger partial charge in [0.05, 0.1) is 10.0 Å². The number of fused-ring (bicyclic) bond motifs is 2. The molecule has 2 bridgehead atoms. The zero-order chi connectivity index (χ0) is 17.9. The summed E-state index contributed by atoms with van der Waals surface area (Å²) in [4.78, 5) is 38.4. The summed E-state index contributed by atoms with van der Waals surface area (Å²) in [7, 11) is 0. The number of anilines is 1. The van der Waals surface area contributed by atoms with E-state index in [4.69, 9.17) is 23.2 Å². The fraction of sp³-hybridized carbons (Fsp3) is 0.500. The molecule has 4 nitrogen and oxygen atoms in total. The Kier molecular flexibility index (Phi) is 4.04. The number of carbonyl (C=O) groups excluding carboxylic acids is 3. The van der Waals surface area contributed by atoms with E-state index >= 15 is 0 Å². The van der Waals surface area contributed by atoms with E-state index in [0.29, 0.717) is 28.6 Å². The third kappa shape index (κ3) is 2.31. The van der Waals surface area contributed by atoms with Gasteiger partial charge in [-0.15, -0.1) is 0 Å². The van der Waals surface area contributed by atoms with E-state index in [1.165, 1.54) is 6.07 Å². The first kappa shape index (κ1) is 17.4. The molecule has 1 aromatic rings. The largest absolute Gasteiger partial charge is 0.325 e. The van der Waals surface area contributed by atoms with Crippen LogP contribution in [0.2, 0.25) is 10.0 Å². The fourth-order valence-electron chi connectivity index (χ4n) is 4.12. The normalized spacial score (nSPS) is 31.2. The van der Waals surface area contributed by atoms with Gasteiger partial charge in [0, 0.05) is 17.0 Å². The predicted molar refractivity (Wildman–Crippen MR) is 93.2 cm³/mol. The van der Waals surface area contributed by atoms with Crippen LogP contribution in [0.25, 0.3) is 0 Å². The van der Waals surface area contributed by atoms with Crippen LogP contribution in [0.3, 0.4) is 0 Å². The van der Waals surface area contributed by atoms with Gasteiger partial charge >= 0.3 is 0 Å². The molecule has 0 heterocycles. The Hall–Kier alpha value is -1.39. The van der Waals surface area contributed by atoms with E-state index in [0.717, 1.165) is 0 Å². The van der Waals surface area contributed by atoms with E-state index in [9.17, 15) is 14.4 Å². The van der Waals surface area contributed by atoms with E-state index in [1.54, 1.807) is 12.1 Å². The quantitative estimate of drug-likeness (QED) is 0.798. The lowest BCUT2D eigenvalue weighted by molar-refractivity contribution is -0.156. The van der Waals surface area contributed by atoms with Crippen LogP contribution in [0.5, 0.6) is 0 Å². The van der Waals surface area contributed by atoms with E-state index in [2.05, 4.69) is 5.32 Å². The second-order valence-corrected chi connectivity index (χ2v) is 8.28. The highest BCUT2D eigenvalue weighted by molar-refractivity contribution is 6.42. The molecule has 2 aliphatic carbocycles. The molecule has 1 amide bonds. The van der Waals surface area contributed by atoms with E-state index in [1.807, 2.05) is 20.8 Å². The summed E-state index contributed by atoms with van der Waals surface area (Å²) in [6.45, 7) is 5.78. The zero-order valence-electron chi connectivity index (χ0n) is 13.8. The van der Waals surface area contributed by atoms with Crippen molar-refractivity contribution >= 4 is 46.4 Å². The molecule has 0 aliphatic heterocycles. The van der Waals surface area contributed by atoms with Crippen molar-refractivity contribution in [1.29, 1.82) is 0 Å². The molecule has 24 heavy (non-hydrogen) atoms. The molecule has 0 radical (unpaired) electrons. The number of nitrogens with one attached hydrogen (secondary N) is 1. The van der Waals surface area contributed by atoms with Gasteiger partial charge in [0.2, 0.25) is 5.91 Å². The summed E-state index contributed by atoms with van der Waals surface area (Å²) >= 11 is 11.8. The van der Waals surface area contributed by atoms with Crippen molar-refractivity contribution < 1.29 is 14.4 Å². The Labute approximate surface area is 150 Å². The summed E-state index contributed by atoms with van der Waals surface area (Å²) in [5, 5.41) is 3.29. The zero-order valence-corrected chi connectivity index (χ0v) is 15.3. The third-order valence-electron chi connectivity index (χ3n) is 6.11. The van der Waals surface area contributed by atoms with Gasteiger partial charge in [-0.05, 0) is 36.5 Å². The van der Waals surface area contributed by atoms with Gasteiger partial charge in [-0.2, -0.15) is 0 Å². The van der Waals surface area contributed by atoms with E-state index in [-0.39, 0.29) is 17.5 Å². The molecule has 0 spiro atoms. The average molecular weight is 368 g/mol. The summed E-state index contributed by atoms with van der Waals surface area (Å²) in [5.41, 5.74) is -0.649. The Bertz CT molecular complexity index is 759. The topological polar surface area (TPSA) is 63.2 Å². The smallest absolute Gasteiger partial charge is 0.242 e. The van der Waals surface area contributed by atoms with Crippen molar-refractivity contribution in [2.24, 2.45) is 22.7 Å². The molecule has 2 saturated carbocycles. The molecule has 0 aromatic heterocycles. The van der Waals surface area contributed by atoms with Crippen LogP contribution in [-0.4, -0.2) is 17.5 Å². The summed E-state index contributed by atoms with van der Waals surface area (Å²) in [5.74, 6) is -2.63. The molecule has 2 aliphatic rings. The van der Waals surface area contributed by atoms with Crippen molar-refractivity contribution in [3.8, 4) is 0 Å². The van der Waals surface area contributed by atoms with Gasteiger partial charge in [-0.1, -0.05) is 44.0 Å². The number of hydrogen-bond acceptors (Lipinski definition) is 3. The molecule has 3 atom stereocenters. The van der Waals surface area contributed by atoms with Gasteiger partial charge in [-0.3, -0.25) is 14.4 Å². The van der Waals surface area contributed by atoms with Gasteiger partial charge in [0.15, 0.2) is 17.5 Å². The second kappa shape index (κ2) is 5.57. The first-order valence-corrected chi connectivity index (χ1v) is 8.69. The minimum atomic E-state index is -1.25.